The summed E-state index contributed by atoms with van der Waals surface area (Å²) in [7, 11) is 0.745. The van der Waals surface area contributed by atoms with Crippen molar-refractivity contribution < 1.29 is 0 Å². The zero-order valence-electron chi connectivity index (χ0n) is 15.4. The molecule has 1 heteroatoms. The third-order valence-corrected chi connectivity index (χ3v) is 7.10. The van der Waals surface area contributed by atoms with E-state index in [4.69, 9.17) is 0 Å². The summed E-state index contributed by atoms with van der Waals surface area (Å²) in [6, 6.07) is 0. The Kier molecular flexibility index (Phi) is 18.7. The number of hydrogen-bond acceptors (Lipinski definition) is 0. The number of unbranched alkanes of at least 4 members (excludes halogenated alkanes) is 13. The average molecular weight is 316 g/mol. The summed E-state index contributed by atoms with van der Waals surface area (Å²) in [4.78, 5) is 0. The van der Waals surface area contributed by atoms with Gasteiger partial charge in [-0.1, -0.05) is 84.0 Å². The average Bonchev–Trinajstić information content (AvgIpc) is 2.51. The van der Waals surface area contributed by atoms with E-state index in [-0.39, 0.29) is 0 Å². The Morgan fingerprint density at radius 2 is 0.762 bits per heavy atom. The van der Waals surface area contributed by atoms with E-state index in [9.17, 15) is 0 Å². The fourth-order valence-corrected chi connectivity index (χ4v) is 4.59. The maximum absolute atomic E-state index is 2.36. The molecule has 0 radical (unpaired) electrons. The van der Waals surface area contributed by atoms with E-state index >= 15 is 0 Å². The highest BCUT2D eigenvalue weighted by atomic mass is 32.2. The maximum atomic E-state index is 2.36. The van der Waals surface area contributed by atoms with Crippen LogP contribution in [0, 0.1) is 0 Å². The molecular weight excluding hydrogens is 272 g/mol. The monoisotopic (exact) mass is 315 g/mol. The highest BCUT2D eigenvalue weighted by Gasteiger charge is 2.10. The molecule has 0 nitrogen and oxygen atoms in total. The van der Waals surface area contributed by atoms with Gasteiger partial charge in [-0.3, -0.25) is 0 Å². The second kappa shape index (κ2) is 18.4. The zero-order valence-corrected chi connectivity index (χ0v) is 16.2. The van der Waals surface area contributed by atoms with Crippen LogP contribution in [-0.2, 0) is 10.9 Å². The van der Waals surface area contributed by atoms with Crippen molar-refractivity contribution in [2.24, 2.45) is 0 Å². The van der Waals surface area contributed by atoms with Crippen LogP contribution in [0.5, 0.6) is 0 Å². The summed E-state index contributed by atoms with van der Waals surface area (Å²) in [6.45, 7) is 7.01. The Balaban J connectivity index is 3.02. The lowest BCUT2D eigenvalue weighted by atomic mass is 10.0. The molecule has 128 valence electrons. The van der Waals surface area contributed by atoms with Crippen molar-refractivity contribution in [1.29, 1.82) is 0 Å². The van der Waals surface area contributed by atoms with Gasteiger partial charge in [0.25, 0.3) is 0 Å². The van der Waals surface area contributed by atoms with Crippen molar-refractivity contribution in [2.75, 3.05) is 17.3 Å². The van der Waals surface area contributed by atoms with Crippen LogP contribution in [-0.4, -0.2) is 17.3 Å². The van der Waals surface area contributed by atoms with Crippen molar-refractivity contribution in [3.63, 3.8) is 0 Å². The molecule has 0 unspecified atom stereocenters. The third kappa shape index (κ3) is 16.5. The fraction of sp³-hybridized carbons (Fsp3) is 1.00. The van der Waals surface area contributed by atoms with Crippen LogP contribution in [0.25, 0.3) is 0 Å². The second-order valence-electron chi connectivity index (χ2n) is 6.49. The molecule has 0 saturated carbocycles. The quantitative estimate of drug-likeness (QED) is 0.198. The molecule has 0 atom stereocenters. The molecule has 0 aliphatic heterocycles. The van der Waals surface area contributed by atoms with Gasteiger partial charge in [0.15, 0.2) is 0 Å². The Morgan fingerprint density at radius 3 is 1.10 bits per heavy atom. The van der Waals surface area contributed by atoms with Gasteiger partial charge in [-0.05, 0) is 37.6 Å². The largest absolute Gasteiger partial charge is 0.108 e. The Hall–Kier alpha value is 0.350. The Bertz CT molecular complexity index is 175. The van der Waals surface area contributed by atoms with E-state index in [1.165, 1.54) is 107 Å². The highest BCUT2D eigenvalue weighted by Crippen LogP contribution is 2.13. The molecule has 0 spiro atoms. The van der Waals surface area contributed by atoms with Crippen LogP contribution >= 0.6 is 0 Å². The number of hydrogen-bond donors (Lipinski definition) is 0. The SMILES string of the molecule is CCCCCCCCCCCCCCCC[S+](CC)CC. The minimum absolute atomic E-state index is 0.745. The molecule has 0 aliphatic rings. The van der Waals surface area contributed by atoms with Gasteiger partial charge in [-0.2, -0.15) is 0 Å². The minimum Gasteiger partial charge on any atom is -0.0654 e. The molecule has 21 heavy (non-hydrogen) atoms. The number of rotatable bonds is 17. The molecule has 0 fully saturated rings. The van der Waals surface area contributed by atoms with Crippen molar-refractivity contribution >= 4 is 10.9 Å². The molecule has 0 heterocycles. The van der Waals surface area contributed by atoms with Crippen LogP contribution in [0.1, 0.15) is 111 Å². The summed E-state index contributed by atoms with van der Waals surface area (Å²) in [6.07, 6.45) is 20.6. The summed E-state index contributed by atoms with van der Waals surface area (Å²) < 4.78 is 0. The van der Waals surface area contributed by atoms with Crippen molar-refractivity contribution in [3.05, 3.63) is 0 Å². The van der Waals surface area contributed by atoms with Crippen LogP contribution < -0.4 is 0 Å². The van der Waals surface area contributed by atoms with E-state index in [1.54, 1.807) is 0 Å². The third-order valence-electron chi connectivity index (χ3n) is 4.60. The molecule has 0 aliphatic carbocycles. The summed E-state index contributed by atoms with van der Waals surface area (Å²) >= 11 is 0. The van der Waals surface area contributed by atoms with E-state index in [0.717, 1.165) is 10.9 Å². The standard InChI is InChI=1S/C20H43S/c1-4-7-8-9-10-11-12-13-14-15-16-17-18-19-20-21(5-2)6-3/h4-20H2,1-3H3/q+1. The van der Waals surface area contributed by atoms with Crippen LogP contribution in [0.15, 0.2) is 0 Å². The first kappa shape index (κ1) is 21.4. The summed E-state index contributed by atoms with van der Waals surface area (Å²) in [5.74, 6) is 4.33. The lowest BCUT2D eigenvalue weighted by Crippen LogP contribution is -2.12. The highest BCUT2D eigenvalue weighted by molar-refractivity contribution is 7.96. The van der Waals surface area contributed by atoms with E-state index in [1.807, 2.05) is 0 Å². The lowest BCUT2D eigenvalue weighted by molar-refractivity contribution is 0.538. The van der Waals surface area contributed by atoms with Gasteiger partial charge < -0.3 is 0 Å². The lowest BCUT2D eigenvalue weighted by Gasteiger charge is -2.04. The molecule has 0 N–H and O–H groups in total. The predicted octanol–water partition coefficient (Wildman–Crippen LogP) is 7.13. The minimum atomic E-state index is 0.745. The second-order valence-corrected chi connectivity index (χ2v) is 9.28. The smallest absolute Gasteiger partial charge is 0.0654 e. The first-order chi connectivity index (χ1) is 10.3. The normalized spacial score (nSPS) is 11.4. The van der Waals surface area contributed by atoms with Gasteiger partial charge in [0, 0.05) is 0 Å². The first-order valence-corrected chi connectivity index (χ1v) is 11.7. The fourth-order valence-electron chi connectivity index (χ4n) is 2.99. The van der Waals surface area contributed by atoms with Gasteiger partial charge in [-0.25, -0.2) is 0 Å². The predicted molar refractivity (Wildman–Crippen MR) is 104 cm³/mol. The van der Waals surface area contributed by atoms with Gasteiger partial charge in [0.1, 0.15) is 17.3 Å². The maximum Gasteiger partial charge on any atom is 0.108 e. The molecule has 0 saturated heterocycles. The summed E-state index contributed by atoms with van der Waals surface area (Å²) in [5, 5.41) is 0. The molecular formula is C20H43S+. The molecule has 0 aromatic carbocycles. The van der Waals surface area contributed by atoms with Crippen molar-refractivity contribution in [3.8, 4) is 0 Å². The Labute approximate surface area is 139 Å². The first-order valence-electron chi connectivity index (χ1n) is 9.99. The molecule has 0 amide bonds. The van der Waals surface area contributed by atoms with Crippen LogP contribution in [0.2, 0.25) is 0 Å². The van der Waals surface area contributed by atoms with Gasteiger partial charge in [0.2, 0.25) is 0 Å². The summed E-state index contributed by atoms with van der Waals surface area (Å²) in [5.41, 5.74) is 0. The van der Waals surface area contributed by atoms with Crippen LogP contribution in [0.4, 0.5) is 0 Å². The van der Waals surface area contributed by atoms with E-state index in [2.05, 4.69) is 20.8 Å². The van der Waals surface area contributed by atoms with E-state index in [0.29, 0.717) is 0 Å². The Morgan fingerprint density at radius 1 is 0.429 bits per heavy atom. The van der Waals surface area contributed by atoms with Crippen LogP contribution in [0.3, 0.4) is 0 Å². The zero-order chi connectivity index (χ0) is 15.6. The van der Waals surface area contributed by atoms with Gasteiger partial charge >= 0.3 is 0 Å². The topological polar surface area (TPSA) is 0 Å². The molecule has 0 aromatic rings. The van der Waals surface area contributed by atoms with Gasteiger partial charge in [-0.15, -0.1) is 0 Å². The van der Waals surface area contributed by atoms with Crippen molar-refractivity contribution in [2.45, 2.75) is 111 Å². The molecule has 0 bridgehead atoms. The van der Waals surface area contributed by atoms with Crippen molar-refractivity contribution in [1.82, 2.24) is 0 Å². The van der Waals surface area contributed by atoms with E-state index < -0.39 is 0 Å². The molecule has 0 aromatic heterocycles. The van der Waals surface area contributed by atoms with Gasteiger partial charge in [0.05, 0.1) is 0 Å². The molecule has 0 rings (SSSR count).